The summed E-state index contributed by atoms with van der Waals surface area (Å²) in [5.41, 5.74) is 6.31. The van der Waals surface area contributed by atoms with Crippen LogP contribution in [0.3, 0.4) is 0 Å². The van der Waals surface area contributed by atoms with Crippen molar-refractivity contribution in [1.82, 2.24) is 0 Å². The zero-order chi connectivity index (χ0) is 30.0. The maximum atomic E-state index is 12.3. The molecule has 0 fully saturated rings. The SMILES string of the molecule is CC(c1ccccc1)c1ccc(C(C)c2ccc(O)c(-c3cc(C(C)c4ccccc4)cc(S(=O)(=O)O)c3O)c2)cc1. The van der Waals surface area contributed by atoms with Crippen LogP contribution in [0.15, 0.2) is 120 Å². The molecule has 0 bridgehead atoms. The first-order valence-corrected chi connectivity index (χ1v) is 15.4. The maximum absolute atomic E-state index is 12.3. The van der Waals surface area contributed by atoms with E-state index in [1.165, 1.54) is 17.2 Å². The van der Waals surface area contributed by atoms with Crippen LogP contribution in [-0.4, -0.2) is 23.2 Å². The molecule has 214 valence electrons. The Hall–Kier alpha value is -4.39. The first-order chi connectivity index (χ1) is 20.0. The van der Waals surface area contributed by atoms with Gasteiger partial charge in [0.05, 0.1) is 0 Å². The third kappa shape index (κ3) is 5.96. The van der Waals surface area contributed by atoms with Crippen LogP contribution in [0, 0.1) is 0 Å². The standard InChI is InChI=1S/C36H34O5S/c1-23(26-10-6-4-7-11-26)28-14-16-29(17-15-28)24(2)30-18-19-34(37)32(20-30)33-21-31(22-35(36(33)38)42(39,40)41)25(3)27-12-8-5-9-13-27/h4-25,37-38H,1-3H3,(H,39,40,41). The normalized spacial score (nSPS) is 13.8. The number of hydrogen-bond acceptors (Lipinski definition) is 4. The van der Waals surface area contributed by atoms with E-state index in [4.69, 9.17) is 0 Å². The highest BCUT2D eigenvalue weighted by molar-refractivity contribution is 7.86. The molecule has 0 aliphatic heterocycles. The molecule has 0 aliphatic carbocycles. The van der Waals surface area contributed by atoms with Crippen molar-refractivity contribution in [2.45, 2.75) is 43.4 Å². The minimum atomic E-state index is -4.75. The molecule has 5 nitrogen and oxygen atoms in total. The summed E-state index contributed by atoms with van der Waals surface area (Å²) in [5.74, 6) is -0.770. The summed E-state index contributed by atoms with van der Waals surface area (Å²) >= 11 is 0. The predicted molar refractivity (Wildman–Crippen MR) is 167 cm³/mol. The first kappa shape index (κ1) is 29.1. The molecular weight excluding hydrogens is 544 g/mol. The van der Waals surface area contributed by atoms with Crippen LogP contribution in [0.1, 0.15) is 71.9 Å². The Balaban J connectivity index is 1.53. The lowest BCUT2D eigenvalue weighted by molar-refractivity contribution is 0.442. The fourth-order valence-electron chi connectivity index (χ4n) is 5.45. The van der Waals surface area contributed by atoms with E-state index in [-0.39, 0.29) is 34.6 Å². The largest absolute Gasteiger partial charge is 0.507 e. The Kier molecular flexibility index (Phi) is 8.21. The highest BCUT2D eigenvalue weighted by Crippen LogP contribution is 2.43. The molecule has 0 radical (unpaired) electrons. The lowest BCUT2D eigenvalue weighted by Crippen LogP contribution is -2.04. The van der Waals surface area contributed by atoms with Crippen LogP contribution in [0.2, 0.25) is 0 Å². The quantitative estimate of drug-likeness (QED) is 0.161. The van der Waals surface area contributed by atoms with Crippen LogP contribution in [0.5, 0.6) is 11.5 Å². The number of phenolic OH excluding ortho intramolecular Hbond substituents is 2. The molecule has 0 saturated carbocycles. The fourth-order valence-corrected chi connectivity index (χ4v) is 6.09. The number of benzene rings is 5. The maximum Gasteiger partial charge on any atom is 0.298 e. The van der Waals surface area contributed by atoms with Crippen molar-refractivity contribution < 1.29 is 23.2 Å². The summed E-state index contributed by atoms with van der Waals surface area (Å²) in [5, 5.41) is 21.9. The van der Waals surface area contributed by atoms with Gasteiger partial charge in [0.1, 0.15) is 16.4 Å². The minimum absolute atomic E-state index is 0.0555. The van der Waals surface area contributed by atoms with Crippen molar-refractivity contribution in [1.29, 1.82) is 0 Å². The fraction of sp³-hybridized carbons (Fsp3) is 0.167. The Labute approximate surface area is 247 Å². The molecule has 3 unspecified atom stereocenters. The Bertz CT molecular complexity index is 1800. The number of hydrogen-bond donors (Lipinski definition) is 3. The zero-order valence-corrected chi connectivity index (χ0v) is 24.6. The zero-order valence-electron chi connectivity index (χ0n) is 23.8. The van der Waals surface area contributed by atoms with E-state index < -0.39 is 20.8 Å². The molecular formula is C36H34O5S. The van der Waals surface area contributed by atoms with Crippen molar-refractivity contribution in [3.8, 4) is 22.6 Å². The number of aromatic hydroxyl groups is 2. The van der Waals surface area contributed by atoms with Gasteiger partial charge in [-0.15, -0.1) is 0 Å². The molecule has 5 aromatic carbocycles. The van der Waals surface area contributed by atoms with E-state index in [0.29, 0.717) is 5.56 Å². The van der Waals surface area contributed by atoms with Crippen molar-refractivity contribution >= 4 is 10.1 Å². The molecule has 0 aliphatic rings. The molecule has 0 aromatic heterocycles. The van der Waals surface area contributed by atoms with E-state index in [1.807, 2.05) is 61.5 Å². The van der Waals surface area contributed by atoms with Crippen LogP contribution in [0.4, 0.5) is 0 Å². The van der Waals surface area contributed by atoms with Gasteiger partial charge in [-0.1, -0.05) is 112 Å². The summed E-state index contributed by atoms with van der Waals surface area (Å²) in [6.45, 7) is 6.16. The van der Waals surface area contributed by atoms with Gasteiger partial charge in [0.2, 0.25) is 0 Å². The van der Waals surface area contributed by atoms with E-state index in [0.717, 1.165) is 16.7 Å². The monoisotopic (exact) mass is 578 g/mol. The topological polar surface area (TPSA) is 94.8 Å². The van der Waals surface area contributed by atoms with Gasteiger partial charge in [-0.25, -0.2) is 0 Å². The lowest BCUT2D eigenvalue weighted by Gasteiger charge is -2.19. The Morgan fingerprint density at radius 2 is 0.905 bits per heavy atom. The lowest BCUT2D eigenvalue weighted by atomic mass is 9.87. The van der Waals surface area contributed by atoms with Gasteiger partial charge in [0.15, 0.2) is 0 Å². The number of phenols is 2. The highest BCUT2D eigenvalue weighted by atomic mass is 32.2. The van der Waals surface area contributed by atoms with E-state index >= 15 is 0 Å². The molecule has 0 heterocycles. The molecule has 42 heavy (non-hydrogen) atoms. The third-order valence-electron chi connectivity index (χ3n) is 8.22. The smallest absolute Gasteiger partial charge is 0.298 e. The summed E-state index contributed by atoms with van der Waals surface area (Å²) < 4.78 is 34.5. The van der Waals surface area contributed by atoms with Crippen molar-refractivity contribution in [3.63, 3.8) is 0 Å². The Morgan fingerprint density at radius 3 is 1.40 bits per heavy atom. The molecule has 6 heteroatoms. The minimum Gasteiger partial charge on any atom is -0.507 e. The van der Waals surface area contributed by atoms with Gasteiger partial charge in [-0.2, -0.15) is 8.42 Å². The number of rotatable bonds is 8. The van der Waals surface area contributed by atoms with Crippen molar-refractivity contribution in [2.24, 2.45) is 0 Å². The van der Waals surface area contributed by atoms with Gasteiger partial charge in [0, 0.05) is 28.9 Å². The second kappa shape index (κ2) is 11.8. The second-order valence-corrected chi connectivity index (χ2v) is 12.2. The summed E-state index contributed by atoms with van der Waals surface area (Å²) in [4.78, 5) is -0.598. The molecule has 5 rings (SSSR count). The average Bonchev–Trinajstić information content (AvgIpc) is 3.01. The molecule has 0 saturated heterocycles. The average molecular weight is 579 g/mol. The molecule has 3 N–H and O–H groups in total. The van der Waals surface area contributed by atoms with Crippen LogP contribution < -0.4 is 0 Å². The molecule has 5 aromatic rings. The van der Waals surface area contributed by atoms with Gasteiger partial charge in [-0.05, 0) is 57.6 Å². The summed E-state index contributed by atoms with van der Waals surface area (Å²) in [7, 11) is -4.75. The van der Waals surface area contributed by atoms with E-state index in [2.05, 4.69) is 50.2 Å². The second-order valence-electron chi connectivity index (χ2n) is 10.8. The van der Waals surface area contributed by atoms with Crippen molar-refractivity contribution in [2.75, 3.05) is 0 Å². The van der Waals surface area contributed by atoms with E-state index in [1.54, 1.807) is 18.2 Å². The van der Waals surface area contributed by atoms with Gasteiger partial charge < -0.3 is 10.2 Å². The van der Waals surface area contributed by atoms with Gasteiger partial charge in [0.25, 0.3) is 10.1 Å². The molecule has 0 amide bonds. The van der Waals surface area contributed by atoms with Crippen LogP contribution >= 0.6 is 0 Å². The first-order valence-electron chi connectivity index (χ1n) is 13.9. The van der Waals surface area contributed by atoms with Gasteiger partial charge in [-0.3, -0.25) is 4.55 Å². The van der Waals surface area contributed by atoms with E-state index in [9.17, 15) is 23.2 Å². The summed E-state index contributed by atoms with van der Waals surface area (Å²) in [6, 6.07) is 36.4. The third-order valence-corrected chi connectivity index (χ3v) is 9.09. The highest BCUT2D eigenvalue weighted by Gasteiger charge is 2.25. The van der Waals surface area contributed by atoms with Crippen LogP contribution in [-0.2, 0) is 10.1 Å². The molecule has 0 spiro atoms. The summed E-state index contributed by atoms with van der Waals surface area (Å²) in [6.07, 6.45) is 0. The van der Waals surface area contributed by atoms with Crippen LogP contribution in [0.25, 0.3) is 11.1 Å². The van der Waals surface area contributed by atoms with Crippen molar-refractivity contribution in [3.05, 3.63) is 149 Å². The predicted octanol–water partition coefficient (Wildman–Crippen LogP) is 8.47. The van der Waals surface area contributed by atoms with Gasteiger partial charge >= 0.3 is 0 Å². The Morgan fingerprint density at radius 1 is 0.500 bits per heavy atom. The molecule has 3 atom stereocenters.